The Morgan fingerprint density at radius 1 is 1.21 bits per heavy atom. The van der Waals surface area contributed by atoms with Crippen molar-refractivity contribution in [2.24, 2.45) is 0 Å². The van der Waals surface area contributed by atoms with Gasteiger partial charge in [0.15, 0.2) is 9.84 Å². The Balaban J connectivity index is 3.32. The average Bonchev–Trinajstić information content (AvgIpc) is 2.02. The summed E-state index contributed by atoms with van der Waals surface area (Å²) in [4.78, 5) is -0.114. The molecule has 78 valence electrons. The topological polar surface area (TPSA) is 54.4 Å². The molecule has 0 aliphatic rings. The molecule has 0 heterocycles. The molecule has 0 aliphatic heterocycles. The van der Waals surface area contributed by atoms with Crippen molar-refractivity contribution in [1.29, 1.82) is 0 Å². The van der Waals surface area contributed by atoms with Gasteiger partial charge in [0.25, 0.3) is 0 Å². The molecule has 0 radical (unpaired) electrons. The number of aliphatic hydroxyl groups excluding tert-OH is 1. The quantitative estimate of drug-likeness (QED) is 0.895. The zero-order valence-corrected chi connectivity index (χ0v) is 9.40. The standard InChI is InChI=1S/C8H8Cl2O3S/c9-6-2-1-3-7(10)8(6)14(12,13)5-4-11/h1-3,11H,4-5H2. The largest absolute Gasteiger partial charge is 0.395 e. The Bertz CT molecular complexity index is 408. The van der Waals surface area contributed by atoms with Crippen LogP contribution in [0.5, 0.6) is 0 Å². The number of hydrogen-bond acceptors (Lipinski definition) is 3. The SMILES string of the molecule is O=S(=O)(CCO)c1c(Cl)cccc1Cl. The van der Waals surface area contributed by atoms with E-state index < -0.39 is 16.4 Å². The third kappa shape index (κ3) is 2.39. The normalized spacial score (nSPS) is 11.6. The maximum atomic E-state index is 11.5. The molecule has 0 bridgehead atoms. The average molecular weight is 255 g/mol. The van der Waals surface area contributed by atoms with Crippen LogP contribution in [0.2, 0.25) is 10.0 Å². The van der Waals surface area contributed by atoms with E-state index in [1.807, 2.05) is 0 Å². The Kier molecular flexibility index (Phi) is 3.78. The Hall–Kier alpha value is -0.290. The van der Waals surface area contributed by atoms with Gasteiger partial charge in [-0.05, 0) is 12.1 Å². The van der Waals surface area contributed by atoms with Gasteiger partial charge in [0.1, 0.15) is 4.90 Å². The summed E-state index contributed by atoms with van der Waals surface area (Å²) in [6, 6.07) is 4.44. The van der Waals surface area contributed by atoms with Gasteiger partial charge in [-0.25, -0.2) is 8.42 Å². The predicted molar refractivity (Wildman–Crippen MR) is 55.6 cm³/mol. The van der Waals surface area contributed by atoms with Crippen molar-refractivity contribution in [3.8, 4) is 0 Å². The molecule has 1 N–H and O–H groups in total. The summed E-state index contributed by atoms with van der Waals surface area (Å²) in [6.07, 6.45) is 0. The highest BCUT2D eigenvalue weighted by molar-refractivity contribution is 7.91. The van der Waals surface area contributed by atoms with E-state index in [4.69, 9.17) is 28.3 Å². The molecule has 0 aliphatic carbocycles. The molecule has 0 spiro atoms. The molecule has 0 fully saturated rings. The second-order valence-corrected chi connectivity index (χ2v) is 5.45. The molecule has 1 rings (SSSR count). The van der Waals surface area contributed by atoms with E-state index in [1.54, 1.807) is 6.07 Å². The van der Waals surface area contributed by atoms with Crippen LogP contribution in [0.15, 0.2) is 23.1 Å². The predicted octanol–water partition coefficient (Wildman–Crippen LogP) is 1.76. The van der Waals surface area contributed by atoms with Gasteiger partial charge in [-0.1, -0.05) is 29.3 Å². The number of halogens is 2. The third-order valence-electron chi connectivity index (χ3n) is 1.59. The van der Waals surface area contributed by atoms with Gasteiger partial charge >= 0.3 is 0 Å². The van der Waals surface area contributed by atoms with Gasteiger partial charge in [-0.3, -0.25) is 0 Å². The summed E-state index contributed by atoms with van der Waals surface area (Å²) in [6.45, 7) is -0.454. The first kappa shape index (κ1) is 11.8. The lowest BCUT2D eigenvalue weighted by molar-refractivity contribution is 0.319. The molecule has 0 aromatic heterocycles. The molecular formula is C8H8Cl2O3S. The highest BCUT2D eigenvalue weighted by atomic mass is 35.5. The second-order valence-electron chi connectivity index (χ2n) is 2.59. The molecule has 0 saturated carbocycles. The van der Waals surface area contributed by atoms with E-state index >= 15 is 0 Å². The van der Waals surface area contributed by atoms with E-state index in [-0.39, 0.29) is 20.7 Å². The molecule has 3 nitrogen and oxygen atoms in total. The molecule has 1 aromatic rings. The summed E-state index contributed by atoms with van der Waals surface area (Å²) in [5.74, 6) is -0.379. The Morgan fingerprint density at radius 2 is 1.71 bits per heavy atom. The maximum Gasteiger partial charge on any atom is 0.183 e. The van der Waals surface area contributed by atoms with E-state index in [0.717, 1.165) is 0 Å². The smallest absolute Gasteiger partial charge is 0.183 e. The first-order chi connectivity index (χ1) is 6.49. The Labute approximate surface area is 92.2 Å². The lowest BCUT2D eigenvalue weighted by Gasteiger charge is -2.06. The van der Waals surface area contributed by atoms with Crippen molar-refractivity contribution >= 4 is 33.0 Å². The van der Waals surface area contributed by atoms with Crippen LogP contribution in [0.25, 0.3) is 0 Å². The van der Waals surface area contributed by atoms with E-state index in [0.29, 0.717) is 0 Å². The van der Waals surface area contributed by atoms with E-state index in [2.05, 4.69) is 0 Å². The lowest BCUT2D eigenvalue weighted by Crippen LogP contribution is -2.11. The van der Waals surface area contributed by atoms with Gasteiger partial charge in [0, 0.05) is 0 Å². The van der Waals surface area contributed by atoms with Crippen molar-refractivity contribution in [3.63, 3.8) is 0 Å². The fourth-order valence-corrected chi connectivity index (χ4v) is 3.28. The van der Waals surface area contributed by atoms with Crippen molar-refractivity contribution in [1.82, 2.24) is 0 Å². The van der Waals surface area contributed by atoms with Crippen LogP contribution >= 0.6 is 23.2 Å². The first-order valence-electron chi connectivity index (χ1n) is 3.76. The van der Waals surface area contributed by atoms with Crippen LogP contribution < -0.4 is 0 Å². The molecule has 6 heteroatoms. The number of benzene rings is 1. The summed E-state index contributed by atoms with van der Waals surface area (Å²) in [5.41, 5.74) is 0. The second kappa shape index (κ2) is 4.49. The maximum absolute atomic E-state index is 11.5. The minimum atomic E-state index is -3.59. The van der Waals surface area contributed by atoms with Crippen molar-refractivity contribution < 1.29 is 13.5 Å². The minimum Gasteiger partial charge on any atom is -0.395 e. The molecule has 0 unspecified atom stereocenters. The lowest BCUT2D eigenvalue weighted by atomic mass is 10.4. The van der Waals surface area contributed by atoms with Crippen LogP contribution in [0.3, 0.4) is 0 Å². The highest BCUT2D eigenvalue weighted by Gasteiger charge is 2.20. The minimum absolute atomic E-state index is 0.0750. The Morgan fingerprint density at radius 3 is 2.14 bits per heavy atom. The summed E-state index contributed by atoms with van der Waals surface area (Å²) < 4.78 is 23.1. The van der Waals surface area contributed by atoms with Crippen molar-refractivity contribution in [2.75, 3.05) is 12.4 Å². The molecule has 0 atom stereocenters. The fourth-order valence-electron chi connectivity index (χ4n) is 1.00. The molecule has 1 aromatic carbocycles. The zero-order valence-electron chi connectivity index (χ0n) is 7.07. The number of sulfone groups is 1. The number of aliphatic hydroxyl groups is 1. The number of hydrogen-bond donors (Lipinski definition) is 1. The van der Waals surface area contributed by atoms with Gasteiger partial charge in [0.2, 0.25) is 0 Å². The first-order valence-corrected chi connectivity index (χ1v) is 6.17. The van der Waals surface area contributed by atoms with Crippen molar-refractivity contribution in [3.05, 3.63) is 28.2 Å². The van der Waals surface area contributed by atoms with Gasteiger partial charge < -0.3 is 5.11 Å². The number of rotatable bonds is 3. The van der Waals surface area contributed by atoms with Gasteiger partial charge in [0.05, 0.1) is 22.4 Å². The van der Waals surface area contributed by atoms with Crippen molar-refractivity contribution in [2.45, 2.75) is 4.90 Å². The van der Waals surface area contributed by atoms with Crippen LogP contribution in [0.4, 0.5) is 0 Å². The summed E-state index contributed by atoms with van der Waals surface area (Å²) >= 11 is 11.4. The summed E-state index contributed by atoms with van der Waals surface area (Å²) in [5, 5.41) is 8.73. The molecule has 0 amide bonds. The molecule has 14 heavy (non-hydrogen) atoms. The molecular weight excluding hydrogens is 247 g/mol. The van der Waals surface area contributed by atoms with Gasteiger partial charge in [-0.2, -0.15) is 0 Å². The van der Waals surface area contributed by atoms with Crippen LogP contribution in [-0.2, 0) is 9.84 Å². The monoisotopic (exact) mass is 254 g/mol. The summed E-state index contributed by atoms with van der Waals surface area (Å²) in [7, 11) is -3.59. The molecule has 0 saturated heterocycles. The van der Waals surface area contributed by atoms with Crippen LogP contribution in [0, 0.1) is 0 Å². The zero-order chi connectivity index (χ0) is 10.8. The third-order valence-corrected chi connectivity index (χ3v) is 4.23. The van der Waals surface area contributed by atoms with E-state index in [1.165, 1.54) is 12.1 Å². The highest BCUT2D eigenvalue weighted by Crippen LogP contribution is 2.29. The van der Waals surface area contributed by atoms with Crippen LogP contribution in [-0.4, -0.2) is 25.9 Å². The van der Waals surface area contributed by atoms with Crippen LogP contribution in [0.1, 0.15) is 0 Å². The fraction of sp³-hybridized carbons (Fsp3) is 0.250. The van der Waals surface area contributed by atoms with E-state index in [9.17, 15) is 8.42 Å². The van der Waals surface area contributed by atoms with Gasteiger partial charge in [-0.15, -0.1) is 0 Å².